The molecular weight excluding hydrogens is 307 g/mol. The first kappa shape index (κ1) is 16.6. The molecule has 0 fully saturated rings. The van der Waals surface area contributed by atoms with Gasteiger partial charge in [-0.2, -0.15) is 0 Å². The van der Waals surface area contributed by atoms with Crippen LogP contribution in [0.15, 0.2) is 24.3 Å². The Balaban J connectivity index is 2.82. The summed E-state index contributed by atoms with van der Waals surface area (Å²) in [6, 6.07) is 7.45. The number of halogens is 3. The maximum atomic E-state index is 12.1. The van der Waals surface area contributed by atoms with Crippen LogP contribution in [0.1, 0.15) is 29.8 Å². The Labute approximate surface area is 128 Å². The molecule has 0 heterocycles. The van der Waals surface area contributed by atoms with E-state index in [0.29, 0.717) is 5.56 Å². The van der Waals surface area contributed by atoms with Crippen LogP contribution in [0, 0.1) is 6.92 Å². The fourth-order valence-electron chi connectivity index (χ4n) is 1.63. The summed E-state index contributed by atoms with van der Waals surface area (Å²) in [6.07, 6.45) is -0.634. The number of nitrogens with one attached hydrogen (secondary N) is 1. The van der Waals surface area contributed by atoms with E-state index in [-0.39, 0.29) is 11.9 Å². The lowest BCUT2D eigenvalue weighted by Gasteiger charge is -2.25. The highest BCUT2D eigenvalue weighted by molar-refractivity contribution is 6.68. The molecule has 1 amide bonds. The Bertz CT molecular complexity index is 444. The first-order chi connectivity index (χ1) is 8.70. The fraction of sp³-hybridized carbons (Fsp3) is 0.462. The second-order valence-electron chi connectivity index (χ2n) is 4.80. The summed E-state index contributed by atoms with van der Waals surface area (Å²) in [5, 5.41) is 4.55. The molecule has 1 atom stereocenters. The van der Waals surface area contributed by atoms with Crippen LogP contribution >= 0.6 is 34.8 Å². The predicted octanol–water partition coefficient (Wildman–Crippen LogP) is 2.39. The van der Waals surface area contributed by atoms with Crippen molar-refractivity contribution in [3.05, 3.63) is 35.4 Å². The Morgan fingerprint density at radius 3 is 2.42 bits per heavy atom. The first-order valence-corrected chi connectivity index (χ1v) is 7.13. The average Bonchev–Trinajstić information content (AvgIpc) is 2.26. The van der Waals surface area contributed by atoms with Gasteiger partial charge in [0.15, 0.2) is 0 Å². The monoisotopic (exact) mass is 323 g/mol. The third kappa shape index (κ3) is 5.57. The van der Waals surface area contributed by atoms with Gasteiger partial charge in [-0.05, 0) is 32.9 Å². The predicted molar refractivity (Wildman–Crippen MR) is 79.8 cm³/mol. The van der Waals surface area contributed by atoms with Crippen LogP contribution in [-0.4, -0.2) is 21.9 Å². The standard InChI is InChI=1S/C13H17Cl3N2O/c1-8(2)17-12(13(14,15)16)18-11(19)10-6-4-5-9(3)7-10/h4-8,12,17H,1-3H3,(H,18,19)/p+1/t12-/m1/s1. The van der Waals surface area contributed by atoms with Gasteiger partial charge in [-0.15, -0.1) is 0 Å². The van der Waals surface area contributed by atoms with Crippen LogP contribution in [0.4, 0.5) is 0 Å². The number of carbonyl (C=O) groups excluding carboxylic acids is 1. The number of quaternary nitrogens is 1. The summed E-state index contributed by atoms with van der Waals surface area (Å²) in [5.41, 5.74) is 1.56. The number of rotatable bonds is 4. The second kappa shape index (κ2) is 6.80. The number of benzene rings is 1. The van der Waals surface area contributed by atoms with Gasteiger partial charge in [0.25, 0.3) is 9.70 Å². The molecule has 19 heavy (non-hydrogen) atoms. The smallest absolute Gasteiger partial charge is 0.262 e. The van der Waals surface area contributed by atoms with Gasteiger partial charge in [-0.1, -0.05) is 52.5 Å². The number of nitrogens with two attached hydrogens (primary N) is 1. The Kier molecular flexibility index (Phi) is 5.93. The Morgan fingerprint density at radius 1 is 1.32 bits per heavy atom. The summed E-state index contributed by atoms with van der Waals surface area (Å²) in [4.78, 5) is 12.1. The molecule has 6 heteroatoms. The number of amides is 1. The molecule has 3 nitrogen and oxygen atoms in total. The molecule has 106 valence electrons. The molecule has 0 bridgehead atoms. The highest BCUT2D eigenvalue weighted by atomic mass is 35.6. The van der Waals surface area contributed by atoms with Crippen molar-refractivity contribution < 1.29 is 10.1 Å². The fourth-order valence-corrected chi connectivity index (χ4v) is 2.02. The van der Waals surface area contributed by atoms with Crippen molar-refractivity contribution >= 4 is 40.7 Å². The zero-order valence-corrected chi connectivity index (χ0v) is 13.4. The van der Waals surface area contributed by atoms with Crippen LogP contribution in [0.5, 0.6) is 0 Å². The molecule has 1 rings (SSSR count). The quantitative estimate of drug-likeness (QED) is 0.648. The van der Waals surface area contributed by atoms with Crippen LogP contribution < -0.4 is 10.6 Å². The molecule has 0 spiro atoms. The van der Waals surface area contributed by atoms with E-state index in [1.165, 1.54) is 0 Å². The van der Waals surface area contributed by atoms with Crippen LogP contribution in [-0.2, 0) is 0 Å². The summed E-state index contributed by atoms with van der Waals surface area (Å²) >= 11 is 17.7. The minimum Gasteiger partial charge on any atom is -0.321 e. The third-order valence-electron chi connectivity index (χ3n) is 2.50. The van der Waals surface area contributed by atoms with E-state index in [1.807, 2.05) is 32.9 Å². The van der Waals surface area contributed by atoms with E-state index in [9.17, 15) is 4.79 Å². The highest BCUT2D eigenvalue weighted by Crippen LogP contribution is 2.27. The first-order valence-electron chi connectivity index (χ1n) is 5.99. The lowest BCUT2D eigenvalue weighted by molar-refractivity contribution is -0.717. The molecular formula is C13H18Cl3N2O+. The van der Waals surface area contributed by atoms with E-state index in [2.05, 4.69) is 5.32 Å². The number of alkyl halides is 3. The molecule has 0 aromatic heterocycles. The van der Waals surface area contributed by atoms with Crippen molar-refractivity contribution in [3.63, 3.8) is 0 Å². The molecule has 0 saturated heterocycles. The molecule has 0 saturated carbocycles. The number of hydrogen-bond acceptors (Lipinski definition) is 1. The van der Waals surface area contributed by atoms with Crippen LogP contribution in [0.2, 0.25) is 0 Å². The van der Waals surface area contributed by atoms with Gasteiger partial charge < -0.3 is 5.32 Å². The van der Waals surface area contributed by atoms with Crippen molar-refractivity contribution in [2.24, 2.45) is 0 Å². The molecule has 0 radical (unpaired) electrons. The minimum absolute atomic E-state index is 0.193. The van der Waals surface area contributed by atoms with Crippen LogP contribution in [0.3, 0.4) is 0 Å². The van der Waals surface area contributed by atoms with Gasteiger partial charge >= 0.3 is 0 Å². The number of aryl methyl sites for hydroxylation is 1. The van der Waals surface area contributed by atoms with E-state index in [4.69, 9.17) is 34.8 Å². The Hall–Kier alpha value is -0.480. The van der Waals surface area contributed by atoms with E-state index in [0.717, 1.165) is 5.56 Å². The lowest BCUT2D eigenvalue weighted by Crippen LogP contribution is -2.99. The lowest BCUT2D eigenvalue weighted by atomic mass is 10.1. The largest absolute Gasteiger partial charge is 0.321 e. The molecule has 0 aliphatic heterocycles. The summed E-state index contributed by atoms with van der Waals surface area (Å²) in [7, 11) is 0. The van der Waals surface area contributed by atoms with Crippen LogP contribution in [0.25, 0.3) is 0 Å². The molecule has 1 aromatic carbocycles. The van der Waals surface area contributed by atoms with Gasteiger partial charge in [0.05, 0.1) is 6.04 Å². The molecule has 3 N–H and O–H groups in total. The SMILES string of the molecule is Cc1cccc(C(=O)N[C@@H]([NH2+]C(C)C)C(Cl)(Cl)Cl)c1. The topological polar surface area (TPSA) is 45.7 Å². The summed E-state index contributed by atoms with van der Waals surface area (Å²) < 4.78 is -1.57. The molecule has 1 aromatic rings. The summed E-state index contributed by atoms with van der Waals surface area (Å²) in [6.45, 7) is 5.84. The van der Waals surface area contributed by atoms with E-state index in [1.54, 1.807) is 17.4 Å². The van der Waals surface area contributed by atoms with E-state index >= 15 is 0 Å². The van der Waals surface area contributed by atoms with Crippen molar-refractivity contribution in [1.82, 2.24) is 5.32 Å². The average molecular weight is 325 g/mol. The van der Waals surface area contributed by atoms with Crippen molar-refractivity contribution in [1.29, 1.82) is 0 Å². The zero-order valence-electron chi connectivity index (χ0n) is 11.1. The maximum absolute atomic E-state index is 12.1. The zero-order chi connectivity index (χ0) is 14.6. The molecule has 0 aliphatic rings. The maximum Gasteiger partial charge on any atom is 0.262 e. The van der Waals surface area contributed by atoms with Crippen molar-refractivity contribution in [3.8, 4) is 0 Å². The molecule has 0 unspecified atom stereocenters. The van der Waals surface area contributed by atoms with Crippen molar-refractivity contribution in [2.45, 2.75) is 36.8 Å². The highest BCUT2D eigenvalue weighted by Gasteiger charge is 2.38. The van der Waals surface area contributed by atoms with Gasteiger partial charge in [-0.25, -0.2) is 0 Å². The second-order valence-corrected chi connectivity index (χ2v) is 7.17. The van der Waals surface area contributed by atoms with Crippen molar-refractivity contribution in [2.75, 3.05) is 0 Å². The number of hydrogen-bond donors (Lipinski definition) is 2. The summed E-state index contributed by atoms with van der Waals surface area (Å²) in [5.74, 6) is -0.253. The Morgan fingerprint density at radius 2 is 1.95 bits per heavy atom. The third-order valence-corrected chi connectivity index (χ3v) is 3.20. The minimum atomic E-state index is -1.57. The van der Waals surface area contributed by atoms with Gasteiger partial charge in [0.2, 0.25) is 6.17 Å². The van der Waals surface area contributed by atoms with Gasteiger partial charge in [0, 0.05) is 5.56 Å². The molecule has 0 aliphatic carbocycles. The van der Waals surface area contributed by atoms with Gasteiger partial charge in [-0.3, -0.25) is 10.1 Å². The van der Waals surface area contributed by atoms with Gasteiger partial charge in [0.1, 0.15) is 0 Å². The van der Waals surface area contributed by atoms with E-state index < -0.39 is 9.96 Å². The number of carbonyl (C=O) groups is 1. The normalized spacial score (nSPS) is 13.4.